The first-order valence-corrected chi connectivity index (χ1v) is 7.00. The normalized spacial score (nSPS) is 10.3. The fourth-order valence-corrected chi connectivity index (χ4v) is 2.12. The molecular weight excluding hydrogens is 319 g/mol. The van der Waals surface area contributed by atoms with E-state index in [9.17, 15) is 9.18 Å². The van der Waals surface area contributed by atoms with Gasteiger partial charge in [0.1, 0.15) is 17.8 Å². The number of nitrogens with zero attached hydrogens (tertiary/aromatic N) is 3. The zero-order valence-corrected chi connectivity index (χ0v) is 12.5. The number of benzene rings is 1. The molecular formula is C16H10ClFN4O. The molecule has 1 amide bonds. The van der Waals surface area contributed by atoms with Gasteiger partial charge in [0.05, 0.1) is 17.6 Å². The van der Waals surface area contributed by atoms with Gasteiger partial charge in [0.2, 0.25) is 0 Å². The molecule has 0 aliphatic heterocycles. The Hall–Kier alpha value is -2.86. The molecule has 1 aromatic carbocycles. The summed E-state index contributed by atoms with van der Waals surface area (Å²) >= 11 is 5.73. The van der Waals surface area contributed by atoms with Crippen LogP contribution in [-0.4, -0.2) is 20.9 Å². The highest BCUT2D eigenvalue weighted by Gasteiger charge is 2.12. The number of carbonyl (C=O) groups is 1. The van der Waals surface area contributed by atoms with Crippen LogP contribution in [0.1, 0.15) is 10.5 Å². The lowest BCUT2D eigenvalue weighted by Crippen LogP contribution is -2.14. The predicted molar refractivity (Wildman–Crippen MR) is 84.6 cm³/mol. The first-order chi connectivity index (χ1) is 11.1. The first-order valence-electron chi connectivity index (χ1n) is 6.62. The van der Waals surface area contributed by atoms with Crippen LogP contribution in [0.25, 0.3) is 11.3 Å². The summed E-state index contributed by atoms with van der Waals surface area (Å²) in [4.78, 5) is 24.0. The van der Waals surface area contributed by atoms with E-state index in [1.54, 1.807) is 24.4 Å². The summed E-state index contributed by atoms with van der Waals surface area (Å²) in [6.07, 6.45) is 4.32. The molecule has 5 nitrogen and oxygen atoms in total. The Labute approximate surface area is 136 Å². The van der Waals surface area contributed by atoms with Crippen molar-refractivity contribution in [3.63, 3.8) is 0 Å². The third kappa shape index (κ3) is 3.49. The van der Waals surface area contributed by atoms with Crippen molar-refractivity contribution in [3.8, 4) is 11.3 Å². The molecule has 3 aromatic rings. The van der Waals surface area contributed by atoms with Gasteiger partial charge in [0, 0.05) is 16.8 Å². The lowest BCUT2D eigenvalue weighted by Gasteiger charge is -2.06. The topological polar surface area (TPSA) is 67.8 Å². The predicted octanol–water partition coefficient (Wildman–Crippen LogP) is 3.58. The third-order valence-corrected chi connectivity index (χ3v) is 3.26. The number of carbonyl (C=O) groups excluding carboxylic acids is 1. The van der Waals surface area contributed by atoms with Crippen LogP contribution in [-0.2, 0) is 0 Å². The van der Waals surface area contributed by atoms with Crippen molar-refractivity contribution in [1.29, 1.82) is 0 Å². The Bertz CT molecular complexity index is 858. The molecule has 0 fully saturated rings. The van der Waals surface area contributed by atoms with E-state index in [0.29, 0.717) is 11.4 Å². The van der Waals surface area contributed by atoms with Crippen LogP contribution in [0.2, 0.25) is 5.02 Å². The lowest BCUT2D eigenvalue weighted by molar-refractivity contribution is 0.102. The largest absolute Gasteiger partial charge is 0.319 e. The molecule has 0 saturated heterocycles. The van der Waals surface area contributed by atoms with E-state index in [4.69, 9.17) is 11.6 Å². The van der Waals surface area contributed by atoms with E-state index in [-0.39, 0.29) is 16.3 Å². The molecule has 0 aliphatic rings. The SMILES string of the molecule is O=C(Nc1cccnc1)c1cc(-c2ccc(Cl)cc2F)ncn1. The molecule has 0 atom stereocenters. The second-order valence-electron chi connectivity index (χ2n) is 4.61. The Kier molecular flexibility index (Phi) is 4.25. The number of nitrogens with one attached hydrogen (secondary N) is 1. The van der Waals surface area contributed by atoms with Crippen LogP contribution in [0, 0.1) is 5.82 Å². The fraction of sp³-hybridized carbons (Fsp3) is 0. The molecule has 0 spiro atoms. The van der Waals surface area contributed by atoms with Gasteiger partial charge in [-0.3, -0.25) is 9.78 Å². The molecule has 2 heterocycles. The van der Waals surface area contributed by atoms with E-state index >= 15 is 0 Å². The van der Waals surface area contributed by atoms with Gasteiger partial charge in [0.15, 0.2) is 0 Å². The summed E-state index contributed by atoms with van der Waals surface area (Å²) in [6, 6.07) is 9.06. The van der Waals surface area contributed by atoms with Crippen molar-refractivity contribution in [1.82, 2.24) is 15.0 Å². The first kappa shape index (κ1) is 15.1. The number of halogens is 2. The Balaban J connectivity index is 1.89. The van der Waals surface area contributed by atoms with Crippen molar-refractivity contribution in [2.24, 2.45) is 0 Å². The highest BCUT2D eigenvalue weighted by atomic mass is 35.5. The lowest BCUT2D eigenvalue weighted by atomic mass is 10.1. The van der Waals surface area contributed by atoms with Crippen LogP contribution in [0.4, 0.5) is 10.1 Å². The Morgan fingerprint density at radius 3 is 2.78 bits per heavy atom. The monoisotopic (exact) mass is 328 g/mol. The van der Waals surface area contributed by atoms with E-state index in [2.05, 4.69) is 20.3 Å². The standard InChI is InChI=1S/C16H10ClFN4O/c17-10-3-4-12(13(18)6-10)14-7-15(21-9-20-14)16(23)22-11-2-1-5-19-8-11/h1-9H,(H,22,23). The number of hydrogen-bond donors (Lipinski definition) is 1. The smallest absolute Gasteiger partial charge is 0.274 e. The minimum atomic E-state index is -0.519. The van der Waals surface area contributed by atoms with E-state index in [0.717, 1.165) is 0 Å². The van der Waals surface area contributed by atoms with Crippen molar-refractivity contribution < 1.29 is 9.18 Å². The fourth-order valence-electron chi connectivity index (χ4n) is 1.96. The summed E-state index contributed by atoms with van der Waals surface area (Å²) in [5, 5.41) is 2.94. The highest BCUT2D eigenvalue weighted by Crippen LogP contribution is 2.24. The van der Waals surface area contributed by atoms with Crippen LogP contribution < -0.4 is 5.32 Å². The van der Waals surface area contributed by atoms with E-state index in [1.807, 2.05) is 0 Å². The van der Waals surface area contributed by atoms with Crippen LogP contribution in [0.3, 0.4) is 0 Å². The second kappa shape index (κ2) is 6.50. The van der Waals surface area contributed by atoms with Gasteiger partial charge in [0.25, 0.3) is 5.91 Å². The maximum Gasteiger partial charge on any atom is 0.274 e. The number of amides is 1. The number of rotatable bonds is 3. The quantitative estimate of drug-likeness (QED) is 0.798. The maximum absolute atomic E-state index is 14.0. The van der Waals surface area contributed by atoms with Crippen molar-refractivity contribution in [2.45, 2.75) is 0 Å². The number of anilines is 1. The summed E-state index contributed by atoms with van der Waals surface area (Å²) in [5.41, 5.74) is 1.20. The van der Waals surface area contributed by atoms with Crippen molar-refractivity contribution in [2.75, 3.05) is 5.32 Å². The summed E-state index contributed by atoms with van der Waals surface area (Å²) in [6.45, 7) is 0. The maximum atomic E-state index is 14.0. The molecule has 7 heteroatoms. The summed E-state index contributed by atoms with van der Waals surface area (Å²) in [7, 11) is 0. The second-order valence-corrected chi connectivity index (χ2v) is 5.04. The van der Waals surface area contributed by atoms with Crippen molar-refractivity contribution >= 4 is 23.2 Å². The minimum absolute atomic E-state index is 0.119. The zero-order chi connectivity index (χ0) is 16.2. The molecule has 3 rings (SSSR count). The number of hydrogen-bond acceptors (Lipinski definition) is 4. The molecule has 2 aromatic heterocycles. The summed E-state index contributed by atoms with van der Waals surface area (Å²) < 4.78 is 14.0. The Morgan fingerprint density at radius 1 is 1.17 bits per heavy atom. The van der Waals surface area contributed by atoms with Gasteiger partial charge in [-0.05, 0) is 36.4 Å². The van der Waals surface area contributed by atoms with Gasteiger partial charge >= 0.3 is 0 Å². The number of aromatic nitrogens is 3. The molecule has 114 valence electrons. The summed E-state index contributed by atoms with van der Waals surface area (Å²) in [5.74, 6) is -0.953. The average Bonchev–Trinajstić information content (AvgIpc) is 2.56. The number of pyridine rings is 1. The molecule has 0 unspecified atom stereocenters. The molecule has 0 saturated carbocycles. The zero-order valence-electron chi connectivity index (χ0n) is 11.7. The van der Waals surface area contributed by atoms with Gasteiger partial charge < -0.3 is 5.32 Å². The van der Waals surface area contributed by atoms with Crippen LogP contribution in [0.15, 0.2) is 55.1 Å². The van der Waals surface area contributed by atoms with E-state index in [1.165, 1.54) is 30.7 Å². The van der Waals surface area contributed by atoms with Gasteiger partial charge in [-0.15, -0.1) is 0 Å². The molecule has 0 radical (unpaired) electrons. The minimum Gasteiger partial charge on any atom is -0.319 e. The highest BCUT2D eigenvalue weighted by molar-refractivity contribution is 6.30. The average molecular weight is 329 g/mol. The molecule has 0 bridgehead atoms. The van der Waals surface area contributed by atoms with Crippen molar-refractivity contribution in [3.05, 3.63) is 71.7 Å². The molecule has 1 N–H and O–H groups in total. The van der Waals surface area contributed by atoms with Crippen LogP contribution in [0.5, 0.6) is 0 Å². The van der Waals surface area contributed by atoms with Crippen LogP contribution >= 0.6 is 11.6 Å². The Morgan fingerprint density at radius 2 is 2.04 bits per heavy atom. The van der Waals surface area contributed by atoms with E-state index < -0.39 is 11.7 Å². The molecule has 0 aliphatic carbocycles. The van der Waals surface area contributed by atoms with Gasteiger partial charge in [-0.2, -0.15) is 0 Å². The molecule has 23 heavy (non-hydrogen) atoms. The van der Waals surface area contributed by atoms with Gasteiger partial charge in [-0.1, -0.05) is 11.6 Å². The van der Waals surface area contributed by atoms with Gasteiger partial charge in [-0.25, -0.2) is 14.4 Å². The third-order valence-electron chi connectivity index (χ3n) is 3.03.